The minimum absolute atomic E-state index is 0.470. The van der Waals surface area contributed by atoms with Gasteiger partial charge in [-0.15, -0.1) is 0 Å². The third-order valence-electron chi connectivity index (χ3n) is 3.91. The van der Waals surface area contributed by atoms with Gasteiger partial charge in [-0.05, 0) is 37.0 Å². The molecule has 0 bridgehead atoms. The molecule has 108 valence electrons. The van der Waals surface area contributed by atoms with Crippen molar-refractivity contribution >= 4 is 10.9 Å². The fourth-order valence-electron chi connectivity index (χ4n) is 2.45. The van der Waals surface area contributed by atoms with Crippen molar-refractivity contribution in [3.63, 3.8) is 0 Å². The molecule has 0 aliphatic rings. The fourth-order valence-corrected chi connectivity index (χ4v) is 2.45. The van der Waals surface area contributed by atoms with Crippen LogP contribution in [0.4, 0.5) is 0 Å². The summed E-state index contributed by atoms with van der Waals surface area (Å²) in [6, 6.07) is 11.0. The predicted octanol–water partition coefficient (Wildman–Crippen LogP) is 3.04. The third-order valence-corrected chi connectivity index (χ3v) is 3.91. The Hall–Kier alpha value is -1.45. The van der Waals surface area contributed by atoms with Crippen LogP contribution < -0.4 is 5.32 Å². The van der Waals surface area contributed by atoms with Gasteiger partial charge in [0.1, 0.15) is 0 Å². The van der Waals surface area contributed by atoms with Gasteiger partial charge in [0, 0.05) is 31.3 Å². The van der Waals surface area contributed by atoms with E-state index in [1.807, 2.05) is 12.3 Å². The molecule has 0 spiro atoms. The lowest BCUT2D eigenvalue weighted by molar-refractivity contribution is 0.192. The van der Waals surface area contributed by atoms with Crippen LogP contribution in [0, 0.1) is 5.92 Å². The van der Waals surface area contributed by atoms with Gasteiger partial charge in [-0.25, -0.2) is 0 Å². The topological polar surface area (TPSA) is 34.1 Å². The van der Waals surface area contributed by atoms with Crippen molar-refractivity contribution in [1.82, 2.24) is 10.3 Å². The Kier molecular flexibility index (Phi) is 5.50. The largest absolute Gasteiger partial charge is 0.383 e. The quantitative estimate of drug-likeness (QED) is 0.787. The average Bonchev–Trinajstić information content (AvgIpc) is 2.47. The highest BCUT2D eigenvalue weighted by Gasteiger charge is 2.13. The Balaban J connectivity index is 2.04. The number of fused-ring (bicyclic) bond motifs is 1. The summed E-state index contributed by atoms with van der Waals surface area (Å²) in [7, 11) is 1.74. The molecule has 1 aromatic heterocycles. The van der Waals surface area contributed by atoms with Gasteiger partial charge in [-0.2, -0.15) is 0 Å². The van der Waals surface area contributed by atoms with Crippen molar-refractivity contribution < 1.29 is 4.74 Å². The molecule has 0 saturated carbocycles. The lowest BCUT2D eigenvalue weighted by Gasteiger charge is -2.22. The summed E-state index contributed by atoms with van der Waals surface area (Å²) in [5, 5.41) is 4.78. The minimum Gasteiger partial charge on any atom is -0.383 e. The summed E-state index contributed by atoms with van der Waals surface area (Å²) in [5.74, 6) is 0.567. The van der Waals surface area contributed by atoms with E-state index in [1.54, 1.807) is 7.11 Å². The van der Waals surface area contributed by atoms with Crippen molar-refractivity contribution in [1.29, 1.82) is 0 Å². The molecule has 0 amide bonds. The highest BCUT2D eigenvalue weighted by atomic mass is 16.5. The first-order valence-electron chi connectivity index (χ1n) is 7.27. The van der Waals surface area contributed by atoms with Gasteiger partial charge in [0.15, 0.2) is 0 Å². The molecule has 2 aromatic rings. The lowest BCUT2D eigenvalue weighted by atomic mass is 9.93. The van der Waals surface area contributed by atoms with Gasteiger partial charge in [0.25, 0.3) is 0 Å². The monoisotopic (exact) mass is 272 g/mol. The normalized spacial score (nSPS) is 14.3. The van der Waals surface area contributed by atoms with E-state index < -0.39 is 0 Å². The van der Waals surface area contributed by atoms with E-state index in [2.05, 4.69) is 48.4 Å². The molecule has 3 nitrogen and oxygen atoms in total. The molecule has 20 heavy (non-hydrogen) atoms. The number of rotatable bonds is 7. The Labute approximate surface area is 121 Å². The highest BCUT2D eigenvalue weighted by Crippen LogP contribution is 2.20. The molecule has 0 radical (unpaired) electrons. The maximum atomic E-state index is 5.08. The van der Waals surface area contributed by atoms with Crippen LogP contribution in [0.3, 0.4) is 0 Å². The standard InChI is InChI=1S/C17H24N2O/c1-13(14(2)18-10-11-20-3)12-15-8-9-19-17-7-5-4-6-16(15)17/h4-9,13-14,18H,10-12H2,1-3H3. The van der Waals surface area contributed by atoms with Gasteiger partial charge in [0.2, 0.25) is 0 Å². The molecule has 2 rings (SSSR count). The van der Waals surface area contributed by atoms with Crippen LogP contribution in [-0.2, 0) is 11.2 Å². The Morgan fingerprint density at radius 1 is 1.20 bits per heavy atom. The number of pyridine rings is 1. The smallest absolute Gasteiger partial charge is 0.0704 e. The van der Waals surface area contributed by atoms with E-state index in [0.717, 1.165) is 25.1 Å². The predicted molar refractivity (Wildman–Crippen MR) is 84.0 cm³/mol. The first-order valence-corrected chi connectivity index (χ1v) is 7.27. The number of benzene rings is 1. The molecular formula is C17H24N2O. The summed E-state index contributed by atoms with van der Waals surface area (Å²) in [6.07, 6.45) is 2.97. The molecule has 0 aliphatic carbocycles. The minimum atomic E-state index is 0.470. The molecule has 1 heterocycles. The number of methoxy groups -OCH3 is 1. The number of ether oxygens (including phenoxy) is 1. The first kappa shape index (κ1) is 14.9. The van der Waals surface area contributed by atoms with Crippen LogP contribution in [0.5, 0.6) is 0 Å². The number of para-hydroxylation sites is 1. The van der Waals surface area contributed by atoms with E-state index in [4.69, 9.17) is 4.74 Å². The SMILES string of the molecule is COCCNC(C)C(C)Cc1ccnc2ccccc12. The fraction of sp³-hybridized carbons (Fsp3) is 0.471. The molecule has 0 fully saturated rings. The van der Waals surface area contributed by atoms with Crippen molar-refractivity contribution in [2.75, 3.05) is 20.3 Å². The third kappa shape index (κ3) is 3.78. The zero-order chi connectivity index (χ0) is 14.4. The lowest BCUT2D eigenvalue weighted by Crippen LogP contribution is -2.35. The van der Waals surface area contributed by atoms with Crippen molar-refractivity contribution in [2.24, 2.45) is 5.92 Å². The molecule has 1 aromatic carbocycles. The van der Waals surface area contributed by atoms with Crippen LogP contribution >= 0.6 is 0 Å². The van der Waals surface area contributed by atoms with E-state index in [0.29, 0.717) is 12.0 Å². The second-order valence-corrected chi connectivity index (χ2v) is 5.40. The zero-order valence-corrected chi connectivity index (χ0v) is 12.6. The number of nitrogens with one attached hydrogen (secondary N) is 1. The van der Waals surface area contributed by atoms with Crippen LogP contribution in [0.2, 0.25) is 0 Å². The maximum Gasteiger partial charge on any atom is 0.0704 e. The summed E-state index contributed by atoms with van der Waals surface area (Å²) in [4.78, 5) is 4.42. The second-order valence-electron chi connectivity index (χ2n) is 5.40. The van der Waals surface area contributed by atoms with Crippen LogP contribution in [0.15, 0.2) is 36.5 Å². The highest BCUT2D eigenvalue weighted by molar-refractivity contribution is 5.81. The van der Waals surface area contributed by atoms with Crippen LogP contribution in [0.1, 0.15) is 19.4 Å². The molecular weight excluding hydrogens is 248 g/mol. The van der Waals surface area contributed by atoms with E-state index in [9.17, 15) is 0 Å². The number of hydrogen-bond acceptors (Lipinski definition) is 3. The first-order chi connectivity index (χ1) is 9.72. The number of aromatic nitrogens is 1. The summed E-state index contributed by atoms with van der Waals surface area (Å²) in [6.45, 7) is 6.19. The summed E-state index contributed by atoms with van der Waals surface area (Å²) < 4.78 is 5.08. The average molecular weight is 272 g/mol. The molecule has 2 atom stereocenters. The van der Waals surface area contributed by atoms with Crippen molar-refractivity contribution in [2.45, 2.75) is 26.3 Å². The molecule has 0 aliphatic heterocycles. The Morgan fingerprint density at radius 2 is 2.00 bits per heavy atom. The maximum absolute atomic E-state index is 5.08. The zero-order valence-electron chi connectivity index (χ0n) is 12.6. The van der Waals surface area contributed by atoms with Gasteiger partial charge >= 0.3 is 0 Å². The van der Waals surface area contributed by atoms with Gasteiger partial charge in [-0.3, -0.25) is 4.98 Å². The molecule has 1 N–H and O–H groups in total. The summed E-state index contributed by atoms with van der Waals surface area (Å²) >= 11 is 0. The number of hydrogen-bond donors (Lipinski definition) is 1. The molecule has 0 saturated heterocycles. The van der Waals surface area contributed by atoms with Crippen molar-refractivity contribution in [3.8, 4) is 0 Å². The van der Waals surface area contributed by atoms with Gasteiger partial charge in [-0.1, -0.05) is 25.1 Å². The summed E-state index contributed by atoms with van der Waals surface area (Å²) in [5.41, 5.74) is 2.46. The van der Waals surface area contributed by atoms with Crippen LogP contribution in [0.25, 0.3) is 10.9 Å². The molecule has 3 heteroatoms. The molecule has 2 unspecified atom stereocenters. The van der Waals surface area contributed by atoms with Crippen molar-refractivity contribution in [3.05, 3.63) is 42.1 Å². The van der Waals surface area contributed by atoms with E-state index in [1.165, 1.54) is 10.9 Å². The van der Waals surface area contributed by atoms with E-state index in [-0.39, 0.29) is 0 Å². The Morgan fingerprint density at radius 3 is 2.80 bits per heavy atom. The van der Waals surface area contributed by atoms with Crippen LogP contribution in [-0.4, -0.2) is 31.3 Å². The van der Waals surface area contributed by atoms with Gasteiger partial charge < -0.3 is 10.1 Å². The number of nitrogens with zero attached hydrogens (tertiary/aromatic N) is 1. The Bertz CT molecular complexity index is 536. The van der Waals surface area contributed by atoms with E-state index >= 15 is 0 Å². The van der Waals surface area contributed by atoms with Gasteiger partial charge in [0.05, 0.1) is 12.1 Å². The second kappa shape index (κ2) is 7.36.